The largest absolute Gasteiger partial charge is 0.480 e. The lowest BCUT2D eigenvalue weighted by molar-refractivity contribution is -0.161. The monoisotopic (exact) mass is 856 g/mol. The molecule has 0 aliphatic heterocycles. The lowest BCUT2D eigenvalue weighted by Gasteiger charge is -2.20. The van der Waals surface area contributed by atoms with Gasteiger partial charge < -0.3 is 25.2 Å². The summed E-state index contributed by atoms with van der Waals surface area (Å²) in [5.74, 6) is -2.41. The summed E-state index contributed by atoms with van der Waals surface area (Å²) in [7, 11) is -4.72. The van der Waals surface area contributed by atoms with Crippen LogP contribution in [0.1, 0.15) is 213 Å². The maximum absolute atomic E-state index is 12.6. The van der Waals surface area contributed by atoms with Crippen LogP contribution in [-0.2, 0) is 37.5 Å². The molecule has 0 spiro atoms. The molecule has 3 unspecified atom stereocenters. The number of carbonyl (C=O) groups is 3. The number of hydrogen-bond acceptors (Lipinski definition) is 9. The Morgan fingerprint density at radius 1 is 0.542 bits per heavy atom. The fourth-order valence-electron chi connectivity index (χ4n) is 6.49. The first-order valence-corrected chi connectivity index (χ1v) is 25.0. The van der Waals surface area contributed by atoms with Crippen LogP contribution in [-0.4, -0.2) is 59.9 Å². The summed E-state index contributed by atoms with van der Waals surface area (Å²) >= 11 is 0. The molecule has 0 aliphatic rings. The van der Waals surface area contributed by atoms with Crippen molar-refractivity contribution in [2.75, 3.05) is 19.8 Å². The second kappa shape index (κ2) is 42.4. The summed E-state index contributed by atoms with van der Waals surface area (Å²) in [6.45, 7) is 2.68. The Balaban J connectivity index is 4.23. The molecule has 0 heterocycles. The zero-order chi connectivity index (χ0) is 43.5. The summed E-state index contributed by atoms with van der Waals surface area (Å²) in [5, 5.41) is 8.89. The molecule has 0 aromatic rings. The standard InChI is InChI=1S/C47H86NO10P/c1-3-5-7-9-11-13-15-17-18-19-20-21-22-23-24-25-27-28-30-32-34-36-38-45(49)55-40-43(41-56-59(53,54)57-42-44(48)47(51)52)58-46(50)39-37-35-33-31-29-26-16-14-12-10-8-6-4-2/h6,8,12,14,26,29,43-44H,3-5,7,9-11,13,15-25,27-28,30-42,48H2,1-2H3,(H,51,52)(H,53,54)/b8-6-,14-12-,29-26-. The first kappa shape index (κ1) is 56.7. The molecule has 0 saturated heterocycles. The van der Waals surface area contributed by atoms with Crippen LogP contribution in [0, 0.1) is 0 Å². The Bertz CT molecular complexity index is 1140. The van der Waals surface area contributed by atoms with Crippen LogP contribution in [0.3, 0.4) is 0 Å². The Morgan fingerprint density at radius 3 is 1.42 bits per heavy atom. The van der Waals surface area contributed by atoms with Gasteiger partial charge in [0, 0.05) is 12.8 Å². The lowest BCUT2D eigenvalue weighted by atomic mass is 10.0. The highest BCUT2D eigenvalue weighted by Crippen LogP contribution is 2.43. The van der Waals surface area contributed by atoms with Crippen molar-refractivity contribution in [1.82, 2.24) is 0 Å². The Kier molecular flexibility index (Phi) is 40.7. The number of unbranched alkanes of at least 4 members (excludes halogenated alkanes) is 24. The number of carboxylic acids is 1. The maximum atomic E-state index is 12.6. The van der Waals surface area contributed by atoms with Gasteiger partial charge in [-0.2, -0.15) is 0 Å². The van der Waals surface area contributed by atoms with E-state index in [4.69, 9.17) is 24.8 Å². The Morgan fingerprint density at radius 2 is 0.949 bits per heavy atom. The van der Waals surface area contributed by atoms with E-state index in [-0.39, 0.29) is 19.4 Å². The maximum Gasteiger partial charge on any atom is 0.472 e. The fraction of sp³-hybridized carbons (Fsp3) is 0.809. The van der Waals surface area contributed by atoms with Crippen LogP contribution < -0.4 is 5.73 Å². The first-order chi connectivity index (χ1) is 28.6. The molecular formula is C47H86NO10P. The molecule has 0 aromatic heterocycles. The van der Waals surface area contributed by atoms with Crippen LogP contribution in [0.15, 0.2) is 36.5 Å². The molecule has 12 heteroatoms. The molecule has 0 amide bonds. The van der Waals surface area contributed by atoms with Gasteiger partial charge in [0.1, 0.15) is 12.6 Å². The van der Waals surface area contributed by atoms with E-state index in [2.05, 4.69) is 54.8 Å². The van der Waals surface area contributed by atoms with Crippen molar-refractivity contribution >= 4 is 25.7 Å². The molecule has 0 bridgehead atoms. The number of aliphatic carboxylic acids is 1. The van der Waals surface area contributed by atoms with E-state index in [0.717, 1.165) is 57.8 Å². The molecule has 0 aliphatic carbocycles. The Hall–Kier alpha value is -2.30. The molecular weight excluding hydrogens is 769 g/mol. The molecule has 0 rings (SSSR count). The SMILES string of the molecule is CC/C=C\C/C=C\C/C=C\CCCCCC(=O)OC(COC(=O)CCCCCCCCCCCCCCCCCCCCCCCC)COP(=O)(O)OCC(N)C(=O)O. The zero-order valence-corrected chi connectivity index (χ0v) is 38.2. The number of phosphoric ester groups is 1. The zero-order valence-electron chi connectivity index (χ0n) is 37.3. The van der Waals surface area contributed by atoms with E-state index in [1.54, 1.807) is 0 Å². The Labute approximate surface area is 359 Å². The van der Waals surface area contributed by atoms with Gasteiger partial charge in [0.25, 0.3) is 0 Å². The molecule has 4 N–H and O–H groups in total. The molecule has 0 fully saturated rings. The highest BCUT2D eigenvalue weighted by molar-refractivity contribution is 7.47. The number of nitrogens with two attached hydrogens (primary N) is 1. The highest BCUT2D eigenvalue weighted by Gasteiger charge is 2.28. The van der Waals surface area contributed by atoms with Crippen LogP contribution in [0.25, 0.3) is 0 Å². The normalized spacial score (nSPS) is 14.0. The molecule has 59 heavy (non-hydrogen) atoms. The molecule has 0 aromatic carbocycles. The summed E-state index contributed by atoms with van der Waals surface area (Å²) in [6.07, 6.45) is 46.5. The number of ether oxygens (including phenoxy) is 2. The van der Waals surface area contributed by atoms with Gasteiger partial charge in [0.2, 0.25) is 0 Å². The molecule has 0 saturated carbocycles. The van der Waals surface area contributed by atoms with Gasteiger partial charge in [-0.3, -0.25) is 23.4 Å². The smallest absolute Gasteiger partial charge is 0.472 e. The predicted molar refractivity (Wildman–Crippen MR) is 240 cm³/mol. The van der Waals surface area contributed by atoms with Gasteiger partial charge in [-0.05, 0) is 44.9 Å². The van der Waals surface area contributed by atoms with Crippen LogP contribution in [0.2, 0.25) is 0 Å². The number of allylic oxidation sites excluding steroid dienone is 6. The van der Waals surface area contributed by atoms with Crippen LogP contribution in [0.5, 0.6) is 0 Å². The molecule has 0 radical (unpaired) electrons. The number of carboxylic acid groups (broad SMARTS) is 1. The average Bonchev–Trinajstić information content (AvgIpc) is 3.21. The van der Waals surface area contributed by atoms with E-state index in [9.17, 15) is 23.8 Å². The first-order valence-electron chi connectivity index (χ1n) is 23.5. The lowest BCUT2D eigenvalue weighted by Crippen LogP contribution is -2.34. The third-order valence-electron chi connectivity index (χ3n) is 10.2. The predicted octanol–water partition coefficient (Wildman–Crippen LogP) is 12.8. The van der Waals surface area contributed by atoms with Crippen molar-refractivity contribution in [3.05, 3.63) is 36.5 Å². The number of carbonyl (C=O) groups excluding carboxylic acids is 2. The van der Waals surface area contributed by atoms with Gasteiger partial charge in [0.15, 0.2) is 6.10 Å². The van der Waals surface area contributed by atoms with Gasteiger partial charge in [-0.15, -0.1) is 0 Å². The van der Waals surface area contributed by atoms with Gasteiger partial charge in [0.05, 0.1) is 13.2 Å². The summed E-state index contributed by atoms with van der Waals surface area (Å²) < 4.78 is 32.7. The van der Waals surface area contributed by atoms with E-state index in [1.807, 2.05) is 0 Å². The quantitative estimate of drug-likeness (QED) is 0.0230. The number of hydrogen-bond donors (Lipinski definition) is 3. The van der Waals surface area contributed by atoms with E-state index in [0.29, 0.717) is 12.8 Å². The number of phosphoric acid groups is 1. The number of rotatable bonds is 44. The second-order valence-corrected chi connectivity index (χ2v) is 17.3. The number of esters is 2. The minimum atomic E-state index is -4.72. The summed E-state index contributed by atoms with van der Waals surface area (Å²) in [6, 6.07) is -1.53. The molecule has 344 valence electrons. The topological polar surface area (TPSA) is 172 Å². The van der Waals surface area contributed by atoms with E-state index < -0.39 is 51.1 Å². The molecule has 11 nitrogen and oxygen atoms in total. The highest BCUT2D eigenvalue weighted by atomic mass is 31.2. The van der Waals surface area contributed by atoms with Crippen molar-refractivity contribution in [3.63, 3.8) is 0 Å². The van der Waals surface area contributed by atoms with Crippen molar-refractivity contribution < 1.29 is 47.5 Å². The van der Waals surface area contributed by atoms with Crippen LogP contribution >= 0.6 is 7.82 Å². The van der Waals surface area contributed by atoms with Crippen molar-refractivity contribution in [2.24, 2.45) is 5.73 Å². The third-order valence-corrected chi connectivity index (χ3v) is 11.1. The second-order valence-electron chi connectivity index (χ2n) is 15.9. The van der Waals surface area contributed by atoms with E-state index in [1.165, 1.54) is 116 Å². The van der Waals surface area contributed by atoms with Gasteiger partial charge >= 0.3 is 25.7 Å². The van der Waals surface area contributed by atoms with Crippen LogP contribution in [0.4, 0.5) is 0 Å². The average molecular weight is 856 g/mol. The fourth-order valence-corrected chi connectivity index (χ4v) is 7.27. The van der Waals surface area contributed by atoms with E-state index >= 15 is 0 Å². The van der Waals surface area contributed by atoms with Crippen molar-refractivity contribution in [3.8, 4) is 0 Å². The van der Waals surface area contributed by atoms with Crippen molar-refractivity contribution in [2.45, 2.75) is 225 Å². The summed E-state index contributed by atoms with van der Waals surface area (Å²) in [5.41, 5.74) is 5.33. The van der Waals surface area contributed by atoms with Gasteiger partial charge in [-0.25, -0.2) is 4.57 Å². The summed E-state index contributed by atoms with van der Waals surface area (Å²) in [4.78, 5) is 46.0. The minimum Gasteiger partial charge on any atom is -0.480 e. The van der Waals surface area contributed by atoms with Crippen molar-refractivity contribution in [1.29, 1.82) is 0 Å². The van der Waals surface area contributed by atoms with Gasteiger partial charge in [-0.1, -0.05) is 192 Å². The molecule has 3 atom stereocenters. The third kappa shape index (κ3) is 42.2. The minimum absolute atomic E-state index is 0.127.